The Labute approximate surface area is 214 Å². The van der Waals surface area contributed by atoms with Gasteiger partial charge in [-0.1, -0.05) is 51.1 Å². The number of anilines is 1. The second-order valence-corrected chi connectivity index (χ2v) is 11.4. The molecule has 182 valence electrons. The number of hydrogen-bond acceptors (Lipinski definition) is 7. The van der Waals surface area contributed by atoms with E-state index in [1.54, 1.807) is 23.6 Å². The molecule has 1 atom stereocenters. The van der Waals surface area contributed by atoms with E-state index < -0.39 is 0 Å². The van der Waals surface area contributed by atoms with Crippen LogP contribution in [0.4, 0.5) is 5.00 Å². The molecule has 1 aliphatic rings. The SMILES string of the molecule is C=CCn1c(SCC(=O)Nc2sc3c(c2C#N)CCC(C(C)(C)CC)C3)nnc1-c1ccccn1. The summed E-state index contributed by atoms with van der Waals surface area (Å²) >= 11 is 2.87. The number of fused-ring (bicyclic) bond motifs is 1. The van der Waals surface area contributed by atoms with Crippen molar-refractivity contribution in [3.05, 3.63) is 53.1 Å². The Morgan fingerprint density at radius 1 is 1.43 bits per heavy atom. The summed E-state index contributed by atoms with van der Waals surface area (Å²) in [5, 5.41) is 22.7. The van der Waals surface area contributed by atoms with Gasteiger partial charge in [0.15, 0.2) is 11.0 Å². The summed E-state index contributed by atoms with van der Waals surface area (Å²) < 4.78 is 1.90. The summed E-state index contributed by atoms with van der Waals surface area (Å²) in [6, 6.07) is 7.96. The minimum atomic E-state index is -0.164. The molecule has 0 fully saturated rings. The van der Waals surface area contributed by atoms with E-state index in [9.17, 15) is 10.1 Å². The van der Waals surface area contributed by atoms with Gasteiger partial charge in [-0.3, -0.25) is 14.3 Å². The van der Waals surface area contributed by atoms with Crippen molar-refractivity contribution in [2.75, 3.05) is 11.1 Å². The number of carbonyl (C=O) groups is 1. The van der Waals surface area contributed by atoms with Gasteiger partial charge in [-0.05, 0) is 48.3 Å². The molecule has 0 radical (unpaired) electrons. The fraction of sp³-hybridized carbons (Fsp3) is 0.423. The van der Waals surface area contributed by atoms with Crippen LogP contribution in [0.3, 0.4) is 0 Å². The standard InChI is InChI=1S/C26H30N6OS2/c1-5-13-32-23(20-9-7-8-12-28-20)30-31-25(32)34-16-22(33)29-24-19(15-27)18-11-10-17(14-21(18)35-24)26(3,4)6-2/h5,7-9,12,17H,1,6,10-11,13-14,16H2,2-4H3,(H,29,33). The quantitative estimate of drug-likeness (QED) is 0.294. The van der Waals surface area contributed by atoms with Crippen molar-refractivity contribution in [2.24, 2.45) is 11.3 Å². The van der Waals surface area contributed by atoms with Gasteiger partial charge < -0.3 is 5.32 Å². The van der Waals surface area contributed by atoms with E-state index in [0.29, 0.717) is 39.7 Å². The summed E-state index contributed by atoms with van der Waals surface area (Å²) in [7, 11) is 0. The number of carbonyl (C=O) groups excluding carboxylic acids is 1. The lowest BCUT2D eigenvalue weighted by molar-refractivity contribution is -0.113. The third kappa shape index (κ3) is 5.34. The van der Waals surface area contributed by atoms with Gasteiger partial charge in [-0.25, -0.2) is 0 Å². The van der Waals surface area contributed by atoms with Crippen LogP contribution < -0.4 is 5.32 Å². The molecule has 0 spiro atoms. The Kier molecular flexibility index (Phi) is 7.72. The Bertz CT molecular complexity index is 1250. The molecule has 1 N–H and O–H groups in total. The lowest BCUT2D eigenvalue weighted by atomic mass is 9.69. The molecule has 3 aromatic rings. The van der Waals surface area contributed by atoms with Crippen LogP contribution in [0.2, 0.25) is 0 Å². The Hall–Kier alpha value is -2.96. The number of amides is 1. The van der Waals surface area contributed by atoms with Crippen LogP contribution in [-0.4, -0.2) is 31.4 Å². The Balaban J connectivity index is 1.46. The molecular formula is C26H30N6OS2. The fourth-order valence-corrected chi connectivity index (χ4v) is 6.46. The Morgan fingerprint density at radius 2 is 2.26 bits per heavy atom. The number of hydrogen-bond donors (Lipinski definition) is 1. The largest absolute Gasteiger partial charge is 0.316 e. The number of nitrogens with one attached hydrogen (secondary N) is 1. The van der Waals surface area contributed by atoms with E-state index >= 15 is 0 Å². The van der Waals surface area contributed by atoms with E-state index in [1.165, 1.54) is 16.6 Å². The van der Waals surface area contributed by atoms with Crippen molar-refractivity contribution in [1.29, 1.82) is 5.26 Å². The first-order valence-corrected chi connectivity index (χ1v) is 13.6. The lowest BCUT2D eigenvalue weighted by Crippen LogP contribution is -2.28. The number of rotatable bonds is 9. The Morgan fingerprint density at radius 3 is 2.94 bits per heavy atom. The molecule has 0 saturated carbocycles. The molecule has 1 aliphatic carbocycles. The van der Waals surface area contributed by atoms with Crippen molar-refractivity contribution >= 4 is 34.0 Å². The summed E-state index contributed by atoms with van der Waals surface area (Å²) in [4.78, 5) is 18.5. The molecule has 0 bridgehead atoms. The number of aromatic nitrogens is 4. The topological polar surface area (TPSA) is 96.5 Å². The predicted octanol–water partition coefficient (Wildman–Crippen LogP) is 5.73. The number of allylic oxidation sites excluding steroid dienone is 1. The fourth-order valence-electron chi connectivity index (χ4n) is 4.41. The monoisotopic (exact) mass is 506 g/mol. The zero-order valence-corrected chi connectivity index (χ0v) is 22.0. The third-order valence-corrected chi connectivity index (χ3v) is 9.04. The normalized spacial score (nSPS) is 15.3. The highest BCUT2D eigenvalue weighted by Crippen LogP contribution is 2.45. The summed E-state index contributed by atoms with van der Waals surface area (Å²) in [6.07, 6.45) is 7.56. The van der Waals surface area contributed by atoms with Gasteiger partial charge in [0.25, 0.3) is 0 Å². The van der Waals surface area contributed by atoms with E-state index in [-0.39, 0.29) is 17.1 Å². The molecule has 4 rings (SSSR count). The van der Waals surface area contributed by atoms with Crippen molar-refractivity contribution in [3.63, 3.8) is 0 Å². The molecule has 1 unspecified atom stereocenters. The zero-order chi connectivity index (χ0) is 25.0. The summed E-state index contributed by atoms with van der Waals surface area (Å²) in [5.74, 6) is 1.23. The maximum Gasteiger partial charge on any atom is 0.235 e. The highest BCUT2D eigenvalue weighted by Gasteiger charge is 2.34. The molecule has 0 aliphatic heterocycles. The third-order valence-electron chi connectivity index (χ3n) is 6.90. The van der Waals surface area contributed by atoms with Gasteiger partial charge in [0.2, 0.25) is 5.91 Å². The van der Waals surface area contributed by atoms with E-state index in [0.717, 1.165) is 31.2 Å². The van der Waals surface area contributed by atoms with Crippen LogP contribution in [-0.2, 0) is 24.2 Å². The number of nitrogens with zero attached hydrogens (tertiary/aromatic N) is 5. The van der Waals surface area contributed by atoms with E-state index in [1.807, 2.05) is 22.8 Å². The number of thiophene rings is 1. The van der Waals surface area contributed by atoms with Gasteiger partial charge in [0.1, 0.15) is 16.8 Å². The molecule has 3 aromatic heterocycles. The van der Waals surface area contributed by atoms with E-state index in [2.05, 4.69) is 53.9 Å². The number of pyridine rings is 1. The number of thioether (sulfide) groups is 1. The average molecular weight is 507 g/mol. The second kappa shape index (κ2) is 10.8. The summed E-state index contributed by atoms with van der Waals surface area (Å²) in [5.41, 5.74) is 2.73. The van der Waals surface area contributed by atoms with Crippen LogP contribution in [0, 0.1) is 22.7 Å². The van der Waals surface area contributed by atoms with Gasteiger partial charge in [-0.15, -0.1) is 28.1 Å². The predicted molar refractivity (Wildman–Crippen MR) is 141 cm³/mol. The van der Waals surface area contributed by atoms with Crippen LogP contribution in [0.15, 0.2) is 42.2 Å². The van der Waals surface area contributed by atoms with Crippen molar-refractivity contribution < 1.29 is 4.79 Å². The van der Waals surface area contributed by atoms with Crippen LogP contribution in [0.1, 0.15) is 49.6 Å². The second-order valence-electron chi connectivity index (χ2n) is 9.36. The van der Waals surface area contributed by atoms with Crippen molar-refractivity contribution in [3.8, 4) is 17.6 Å². The molecule has 0 aromatic carbocycles. The van der Waals surface area contributed by atoms with E-state index in [4.69, 9.17) is 0 Å². The highest BCUT2D eigenvalue weighted by atomic mass is 32.2. The van der Waals surface area contributed by atoms with Crippen molar-refractivity contribution in [2.45, 2.75) is 58.2 Å². The van der Waals surface area contributed by atoms with Crippen molar-refractivity contribution in [1.82, 2.24) is 19.7 Å². The van der Waals surface area contributed by atoms with Gasteiger partial charge in [0, 0.05) is 17.6 Å². The smallest absolute Gasteiger partial charge is 0.235 e. The van der Waals surface area contributed by atoms with Crippen LogP contribution in [0.25, 0.3) is 11.5 Å². The van der Waals surface area contributed by atoms with Gasteiger partial charge in [-0.2, -0.15) is 5.26 Å². The molecule has 7 nitrogen and oxygen atoms in total. The first-order chi connectivity index (χ1) is 16.9. The van der Waals surface area contributed by atoms with Gasteiger partial charge >= 0.3 is 0 Å². The minimum absolute atomic E-state index is 0.163. The first kappa shape index (κ1) is 25.1. The molecule has 1 amide bonds. The highest BCUT2D eigenvalue weighted by molar-refractivity contribution is 7.99. The zero-order valence-electron chi connectivity index (χ0n) is 20.4. The number of nitriles is 1. The van der Waals surface area contributed by atoms with Crippen LogP contribution >= 0.6 is 23.1 Å². The maximum atomic E-state index is 12.9. The summed E-state index contributed by atoms with van der Waals surface area (Å²) in [6.45, 7) is 11.2. The lowest BCUT2D eigenvalue weighted by Gasteiger charge is -2.36. The first-order valence-electron chi connectivity index (χ1n) is 11.8. The molecule has 35 heavy (non-hydrogen) atoms. The minimum Gasteiger partial charge on any atom is -0.316 e. The van der Waals surface area contributed by atoms with Gasteiger partial charge in [0.05, 0.1) is 11.3 Å². The maximum absolute atomic E-state index is 12.9. The van der Waals surface area contributed by atoms with Crippen LogP contribution in [0.5, 0.6) is 0 Å². The molecular weight excluding hydrogens is 476 g/mol. The average Bonchev–Trinajstić information content (AvgIpc) is 3.43. The molecule has 9 heteroatoms. The molecule has 0 saturated heterocycles. The molecule has 3 heterocycles.